The normalized spacial score (nSPS) is 16.0. The molecule has 6 nitrogen and oxygen atoms in total. The zero-order valence-corrected chi connectivity index (χ0v) is 14.5. The molecule has 1 aliphatic rings. The van der Waals surface area contributed by atoms with Crippen molar-refractivity contribution in [3.8, 4) is 0 Å². The molecule has 0 unspecified atom stereocenters. The third-order valence-corrected chi connectivity index (χ3v) is 5.15. The number of rotatable bonds is 4. The van der Waals surface area contributed by atoms with E-state index in [9.17, 15) is 9.59 Å². The monoisotopic (exact) mass is 324 g/mol. The first kappa shape index (κ1) is 16.9. The number of nitrogens with one attached hydrogen (secondary N) is 1. The van der Waals surface area contributed by atoms with Gasteiger partial charge in [-0.25, -0.2) is 4.98 Å². The molecular formula is C15H24N4O2S. The number of aryl methyl sites for hydroxylation is 1. The zero-order chi connectivity index (χ0) is 16.3. The molecule has 22 heavy (non-hydrogen) atoms. The molecule has 0 aliphatic carbocycles. The summed E-state index contributed by atoms with van der Waals surface area (Å²) >= 11 is 1.64. The third kappa shape index (κ3) is 4.04. The molecule has 0 aromatic carbocycles. The molecule has 1 N–H and O–H groups in total. The number of thiazole rings is 1. The van der Waals surface area contributed by atoms with Crippen LogP contribution in [0.15, 0.2) is 6.20 Å². The van der Waals surface area contributed by atoms with Gasteiger partial charge in [-0.05, 0) is 20.8 Å². The fourth-order valence-corrected chi connectivity index (χ4v) is 3.24. The van der Waals surface area contributed by atoms with Gasteiger partial charge >= 0.3 is 0 Å². The summed E-state index contributed by atoms with van der Waals surface area (Å²) in [5.41, 5.74) is -0.324. The Labute approximate surface area is 135 Å². The SMILES string of the molecule is CC(=O)N1CCN(C(=O)CNC(C)(C)c2ncc(C)s2)CC1. The van der Waals surface area contributed by atoms with E-state index in [0.29, 0.717) is 26.2 Å². The van der Waals surface area contributed by atoms with Gasteiger partial charge in [-0.1, -0.05) is 0 Å². The van der Waals surface area contributed by atoms with Crippen molar-refractivity contribution in [2.75, 3.05) is 32.7 Å². The van der Waals surface area contributed by atoms with E-state index in [1.807, 2.05) is 31.9 Å². The van der Waals surface area contributed by atoms with Crippen molar-refractivity contribution >= 4 is 23.2 Å². The number of hydrogen-bond acceptors (Lipinski definition) is 5. The van der Waals surface area contributed by atoms with Crippen LogP contribution in [0, 0.1) is 6.92 Å². The molecule has 0 bridgehead atoms. The molecule has 2 rings (SSSR count). The van der Waals surface area contributed by atoms with Gasteiger partial charge in [0.05, 0.1) is 12.1 Å². The molecule has 1 aromatic rings. The van der Waals surface area contributed by atoms with Gasteiger partial charge in [0, 0.05) is 44.2 Å². The average molecular weight is 324 g/mol. The fraction of sp³-hybridized carbons (Fsp3) is 0.667. The van der Waals surface area contributed by atoms with E-state index in [1.54, 1.807) is 23.2 Å². The van der Waals surface area contributed by atoms with Crippen LogP contribution in [0.1, 0.15) is 30.7 Å². The number of piperazine rings is 1. The van der Waals surface area contributed by atoms with Gasteiger partial charge in [-0.15, -0.1) is 11.3 Å². The lowest BCUT2D eigenvalue weighted by Gasteiger charge is -2.35. The second-order valence-corrected chi connectivity index (χ2v) is 7.38. The molecule has 1 aliphatic heterocycles. The highest BCUT2D eigenvalue weighted by Crippen LogP contribution is 2.24. The molecule has 0 radical (unpaired) electrons. The Morgan fingerprint density at radius 2 is 1.86 bits per heavy atom. The maximum absolute atomic E-state index is 12.3. The Balaban J connectivity index is 1.84. The van der Waals surface area contributed by atoms with Crippen molar-refractivity contribution in [2.24, 2.45) is 0 Å². The van der Waals surface area contributed by atoms with Crippen molar-refractivity contribution in [3.05, 3.63) is 16.1 Å². The highest BCUT2D eigenvalue weighted by Gasteiger charge is 2.27. The van der Waals surface area contributed by atoms with Crippen LogP contribution in [0.4, 0.5) is 0 Å². The first-order valence-electron chi connectivity index (χ1n) is 7.51. The summed E-state index contributed by atoms with van der Waals surface area (Å²) in [6, 6.07) is 0. The summed E-state index contributed by atoms with van der Waals surface area (Å²) in [5.74, 6) is 0.148. The summed E-state index contributed by atoms with van der Waals surface area (Å²) in [4.78, 5) is 32.7. The van der Waals surface area contributed by atoms with E-state index in [4.69, 9.17) is 0 Å². The lowest BCUT2D eigenvalue weighted by molar-refractivity contribution is -0.138. The standard InChI is InChI=1S/C15H24N4O2S/c1-11-9-16-14(22-11)15(3,4)17-10-13(21)19-7-5-18(6-8-19)12(2)20/h9,17H,5-8,10H2,1-4H3. The molecule has 1 aromatic heterocycles. The predicted molar refractivity (Wildman–Crippen MR) is 86.7 cm³/mol. The van der Waals surface area contributed by atoms with Gasteiger partial charge in [0.25, 0.3) is 0 Å². The van der Waals surface area contributed by atoms with Gasteiger partial charge in [0.2, 0.25) is 11.8 Å². The van der Waals surface area contributed by atoms with E-state index in [2.05, 4.69) is 10.3 Å². The maximum Gasteiger partial charge on any atom is 0.236 e. The summed E-state index contributed by atoms with van der Waals surface area (Å²) in [6.45, 7) is 10.4. The molecule has 2 amide bonds. The van der Waals surface area contributed by atoms with Crippen LogP contribution in [0.25, 0.3) is 0 Å². The van der Waals surface area contributed by atoms with Crippen LogP contribution < -0.4 is 5.32 Å². The van der Waals surface area contributed by atoms with Crippen LogP contribution in [-0.4, -0.2) is 59.3 Å². The minimum Gasteiger partial charge on any atom is -0.339 e. The van der Waals surface area contributed by atoms with E-state index in [1.165, 1.54) is 0 Å². The number of nitrogens with zero attached hydrogens (tertiary/aromatic N) is 3. The number of aromatic nitrogens is 1. The van der Waals surface area contributed by atoms with Crippen molar-refractivity contribution in [3.63, 3.8) is 0 Å². The predicted octanol–water partition coefficient (Wildman–Crippen LogP) is 0.967. The highest BCUT2D eigenvalue weighted by molar-refractivity contribution is 7.11. The van der Waals surface area contributed by atoms with Crippen molar-refractivity contribution < 1.29 is 9.59 Å². The number of carbonyl (C=O) groups excluding carboxylic acids is 2. The Morgan fingerprint density at radius 3 is 2.36 bits per heavy atom. The number of amides is 2. The van der Waals surface area contributed by atoms with Crippen molar-refractivity contribution in [1.82, 2.24) is 20.1 Å². The van der Waals surface area contributed by atoms with Gasteiger partial charge in [-0.3, -0.25) is 14.9 Å². The van der Waals surface area contributed by atoms with Gasteiger partial charge in [0.1, 0.15) is 5.01 Å². The average Bonchev–Trinajstić information content (AvgIpc) is 2.92. The first-order valence-corrected chi connectivity index (χ1v) is 8.32. The van der Waals surface area contributed by atoms with Crippen LogP contribution in [-0.2, 0) is 15.1 Å². The van der Waals surface area contributed by atoms with E-state index in [0.717, 1.165) is 9.88 Å². The van der Waals surface area contributed by atoms with Crippen molar-refractivity contribution in [2.45, 2.75) is 33.2 Å². The Bertz CT molecular complexity index is 547. The Hall–Kier alpha value is -1.47. The fourth-order valence-electron chi connectivity index (χ4n) is 2.40. The number of hydrogen-bond donors (Lipinski definition) is 1. The number of carbonyl (C=O) groups is 2. The van der Waals surface area contributed by atoms with E-state index in [-0.39, 0.29) is 23.9 Å². The van der Waals surface area contributed by atoms with Gasteiger partial charge in [0.15, 0.2) is 0 Å². The topological polar surface area (TPSA) is 65.5 Å². The lowest BCUT2D eigenvalue weighted by atomic mass is 10.1. The lowest BCUT2D eigenvalue weighted by Crippen LogP contribution is -2.53. The molecule has 122 valence electrons. The minimum absolute atomic E-state index is 0.0737. The Morgan fingerprint density at radius 1 is 1.27 bits per heavy atom. The molecular weight excluding hydrogens is 300 g/mol. The molecule has 0 saturated carbocycles. The summed E-state index contributed by atoms with van der Waals surface area (Å²) in [6.07, 6.45) is 1.85. The second-order valence-electron chi connectivity index (χ2n) is 6.14. The summed E-state index contributed by atoms with van der Waals surface area (Å²) in [5, 5.41) is 4.28. The van der Waals surface area contributed by atoms with Gasteiger partial charge in [-0.2, -0.15) is 0 Å². The maximum atomic E-state index is 12.3. The molecule has 0 spiro atoms. The van der Waals surface area contributed by atoms with Gasteiger partial charge < -0.3 is 9.80 Å². The third-order valence-electron chi connectivity index (χ3n) is 3.92. The van der Waals surface area contributed by atoms with Crippen LogP contribution in [0.5, 0.6) is 0 Å². The van der Waals surface area contributed by atoms with E-state index >= 15 is 0 Å². The highest BCUT2D eigenvalue weighted by atomic mass is 32.1. The quantitative estimate of drug-likeness (QED) is 0.896. The summed E-state index contributed by atoms with van der Waals surface area (Å²) < 4.78 is 0. The van der Waals surface area contributed by atoms with E-state index < -0.39 is 0 Å². The molecule has 0 atom stereocenters. The second kappa shape index (κ2) is 6.75. The van der Waals surface area contributed by atoms with Crippen molar-refractivity contribution in [1.29, 1.82) is 0 Å². The van der Waals surface area contributed by atoms with Crippen LogP contribution in [0.3, 0.4) is 0 Å². The smallest absolute Gasteiger partial charge is 0.236 e. The molecule has 7 heteroatoms. The Kier molecular flexibility index (Phi) is 5.18. The molecule has 2 heterocycles. The van der Waals surface area contributed by atoms with Crippen LogP contribution >= 0.6 is 11.3 Å². The summed E-state index contributed by atoms with van der Waals surface area (Å²) in [7, 11) is 0. The van der Waals surface area contributed by atoms with Crippen LogP contribution in [0.2, 0.25) is 0 Å². The minimum atomic E-state index is -0.324. The first-order chi connectivity index (χ1) is 10.3. The molecule has 1 fully saturated rings. The zero-order valence-electron chi connectivity index (χ0n) is 13.7. The molecule has 1 saturated heterocycles. The largest absolute Gasteiger partial charge is 0.339 e.